The van der Waals surface area contributed by atoms with E-state index in [1.165, 1.54) is 11.0 Å². The summed E-state index contributed by atoms with van der Waals surface area (Å²) in [7, 11) is 1.62. The van der Waals surface area contributed by atoms with Crippen molar-refractivity contribution in [2.24, 2.45) is 0 Å². The van der Waals surface area contributed by atoms with Gasteiger partial charge in [-0.15, -0.1) is 0 Å². The highest BCUT2D eigenvalue weighted by molar-refractivity contribution is 5.94. The second-order valence-corrected chi connectivity index (χ2v) is 4.82. The fourth-order valence-electron chi connectivity index (χ4n) is 1.87. The molecule has 6 heteroatoms. The standard InChI is InChI=1S/C14H20N2O4/c1-4-11-5-6-12(9-13(11)16(19)20)14(18)15(3)8-7-10(2)17/h5-6,9-10,17H,4,7-8H2,1-3H3. The Labute approximate surface area is 118 Å². The van der Waals surface area contributed by atoms with E-state index in [1.807, 2.05) is 6.92 Å². The molecular formula is C14H20N2O4. The molecule has 0 saturated heterocycles. The van der Waals surface area contributed by atoms with Gasteiger partial charge in [0.15, 0.2) is 0 Å². The zero-order valence-electron chi connectivity index (χ0n) is 12.0. The molecule has 0 aliphatic heterocycles. The monoisotopic (exact) mass is 280 g/mol. The molecule has 0 heterocycles. The van der Waals surface area contributed by atoms with E-state index in [2.05, 4.69) is 0 Å². The molecule has 1 rings (SSSR count). The van der Waals surface area contributed by atoms with Gasteiger partial charge in [0.2, 0.25) is 0 Å². The Morgan fingerprint density at radius 2 is 2.15 bits per heavy atom. The maximum Gasteiger partial charge on any atom is 0.273 e. The van der Waals surface area contributed by atoms with E-state index in [1.54, 1.807) is 26.1 Å². The van der Waals surface area contributed by atoms with E-state index in [4.69, 9.17) is 0 Å². The fraction of sp³-hybridized carbons (Fsp3) is 0.500. The molecule has 6 nitrogen and oxygen atoms in total. The van der Waals surface area contributed by atoms with Crippen LogP contribution in [0.3, 0.4) is 0 Å². The lowest BCUT2D eigenvalue weighted by Crippen LogP contribution is -2.29. The summed E-state index contributed by atoms with van der Waals surface area (Å²) in [5, 5.41) is 20.2. The van der Waals surface area contributed by atoms with Gasteiger partial charge in [0.1, 0.15) is 0 Å². The Morgan fingerprint density at radius 1 is 1.50 bits per heavy atom. The van der Waals surface area contributed by atoms with Crippen molar-refractivity contribution in [1.29, 1.82) is 0 Å². The van der Waals surface area contributed by atoms with Crippen LogP contribution in [0.25, 0.3) is 0 Å². The molecule has 0 bridgehead atoms. The Bertz CT molecular complexity index is 500. The summed E-state index contributed by atoms with van der Waals surface area (Å²) in [5.74, 6) is -0.281. The third-order valence-corrected chi connectivity index (χ3v) is 3.14. The lowest BCUT2D eigenvalue weighted by atomic mass is 10.1. The van der Waals surface area contributed by atoms with Crippen LogP contribution >= 0.6 is 0 Å². The number of nitro groups is 1. The topological polar surface area (TPSA) is 83.7 Å². The minimum absolute atomic E-state index is 0.0257. The van der Waals surface area contributed by atoms with Crippen LogP contribution in [0, 0.1) is 10.1 Å². The molecule has 1 amide bonds. The maximum atomic E-state index is 12.2. The van der Waals surface area contributed by atoms with Crippen molar-refractivity contribution in [2.75, 3.05) is 13.6 Å². The number of amides is 1. The van der Waals surface area contributed by atoms with Gasteiger partial charge in [-0.1, -0.05) is 13.0 Å². The molecule has 110 valence electrons. The summed E-state index contributed by atoms with van der Waals surface area (Å²) < 4.78 is 0. The molecule has 0 spiro atoms. The van der Waals surface area contributed by atoms with Crippen LogP contribution in [0.15, 0.2) is 18.2 Å². The summed E-state index contributed by atoms with van der Waals surface area (Å²) in [6, 6.07) is 4.54. The average molecular weight is 280 g/mol. The molecule has 1 aromatic rings. The second-order valence-electron chi connectivity index (χ2n) is 4.82. The van der Waals surface area contributed by atoms with Crippen molar-refractivity contribution in [3.63, 3.8) is 0 Å². The molecule has 0 aromatic heterocycles. The molecule has 1 N–H and O–H groups in total. The molecule has 0 aliphatic carbocycles. The predicted molar refractivity (Wildman–Crippen MR) is 75.7 cm³/mol. The summed E-state index contributed by atoms with van der Waals surface area (Å²) in [5.41, 5.74) is 0.877. The smallest absolute Gasteiger partial charge is 0.273 e. The summed E-state index contributed by atoms with van der Waals surface area (Å²) in [4.78, 5) is 24.1. The molecule has 0 radical (unpaired) electrons. The van der Waals surface area contributed by atoms with Crippen LogP contribution in [0.5, 0.6) is 0 Å². The highest BCUT2D eigenvalue weighted by Gasteiger charge is 2.18. The van der Waals surface area contributed by atoms with Crippen molar-refractivity contribution >= 4 is 11.6 Å². The first-order chi connectivity index (χ1) is 9.36. The normalized spacial score (nSPS) is 12.0. The van der Waals surface area contributed by atoms with Gasteiger partial charge in [-0.3, -0.25) is 14.9 Å². The molecule has 0 fully saturated rings. The predicted octanol–water partition coefficient (Wildman–Crippen LogP) is 2.00. The quantitative estimate of drug-likeness (QED) is 0.638. The number of hydrogen-bond acceptors (Lipinski definition) is 4. The first-order valence-corrected chi connectivity index (χ1v) is 6.57. The molecule has 1 unspecified atom stereocenters. The van der Waals surface area contributed by atoms with Gasteiger partial charge < -0.3 is 10.0 Å². The first-order valence-electron chi connectivity index (χ1n) is 6.57. The number of benzene rings is 1. The van der Waals surface area contributed by atoms with Crippen molar-refractivity contribution in [3.8, 4) is 0 Å². The van der Waals surface area contributed by atoms with Gasteiger partial charge in [-0.2, -0.15) is 0 Å². The summed E-state index contributed by atoms with van der Waals surface area (Å²) in [6.45, 7) is 3.89. The van der Waals surface area contributed by atoms with E-state index in [9.17, 15) is 20.0 Å². The van der Waals surface area contributed by atoms with Gasteiger partial charge in [0, 0.05) is 30.8 Å². The second kappa shape index (κ2) is 7.00. The van der Waals surface area contributed by atoms with Crippen LogP contribution in [-0.4, -0.2) is 40.5 Å². The minimum Gasteiger partial charge on any atom is -0.393 e. The molecule has 1 aromatic carbocycles. The lowest BCUT2D eigenvalue weighted by Gasteiger charge is -2.18. The van der Waals surface area contributed by atoms with Gasteiger partial charge in [0.25, 0.3) is 11.6 Å². The van der Waals surface area contributed by atoms with Gasteiger partial charge in [-0.05, 0) is 25.8 Å². The lowest BCUT2D eigenvalue weighted by molar-refractivity contribution is -0.385. The van der Waals surface area contributed by atoms with Gasteiger partial charge in [0.05, 0.1) is 11.0 Å². The summed E-state index contributed by atoms with van der Waals surface area (Å²) >= 11 is 0. The number of nitro benzene ring substituents is 1. The summed E-state index contributed by atoms with van der Waals surface area (Å²) in [6.07, 6.45) is 0.530. The number of hydrogen-bond donors (Lipinski definition) is 1. The minimum atomic E-state index is -0.484. The highest BCUT2D eigenvalue weighted by atomic mass is 16.6. The Hall–Kier alpha value is -1.95. The molecule has 20 heavy (non-hydrogen) atoms. The van der Waals surface area contributed by atoms with Crippen LogP contribution in [0.2, 0.25) is 0 Å². The van der Waals surface area contributed by atoms with Crippen LogP contribution in [0.1, 0.15) is 36.2 Å². The number of rotatable bonds is 6. The van der Waals surface area contributed by atoms with Crippen LogP contribution < -0.4 is 0 Å². The number of aliphatic hydroxyl groups excluding tert-OH is 1. The third kappa shape index (κ3) is 4.03. The van der Waals surface area contributed by atoms with Crippen LogP contribution in [0.4, 0.5) is 5.69 Å². The highest BCUT2D eigenvalue weighted by Crippen LogP contribution is 2.21. The number of aliphatic hydroxyl groups is 1. The molecule has 1 atom stereocenters. The zero-order valence-corrected chi connectivity index (χ0v) is 12.0. The first kappa shape index (κ1) is 16.1. The molecule has 0 aliphatic rings. The fourth-order valence-corrected chi connectivity index (χ4v) is 1.87. The number of aryl methyl sites for hydroxylation is 1. The van der Waals surface area contributed by atoms with E-state index < -0.39 is 11.0 Å². The Kier molecular flexibility index (Phi) is 5.64. The Morgan fingerprint density at radius 3 is 2.65 bits per heavy atom. The zero-order chi connectivity index (χ0) is 15.3. The number of carbonyl (C=O) groups is 1. The Balaban J connectivity index is 2.93. The van der Waals surface area contributed by atoms with E-state index >= 15 is 0 Å². The van der Waals surface area contributed by atoms with E-state index in [0.29, 0.717) is 30.5 Å². The van der Waals surface area contributed by atoms with E-state index in [-0.39, 0.29) is 11.6 Å². The maximum absolute atomic E-state index is 12.2. The van der Waals surface area contributed by atoms with E-state index in [0.717, 1.165) is 0 Å². The largest absolute Gasteiger partial charge is 0.393 e. The molecule has 0 saturated carbocycles. The SMILES string of the molecule is CCc1ccc(C(=O)N(C)CCC(C)O)cc1[N+](=O)[O-]. The van der Waals surface area contributed by atoms with Crippen molar-refractivity contribution in [1.82, 2.24) is 4.90 Å². The average Bonchev–Trinajstić information content (AvgIpc) is 2.42. The van der Waals surface area contributed by atoms with Gasteiger partial charge in [-0.25, -0.2) is 0 Å². The van der Waals surface area contributed by atoms with Crippen molar-refractivity contribution < 1.29 is 14.8 Å². The number of carbonyl (C=O) groups excluding carboxylic acids is 1. The van der Waals surface area contributed by atoms with Crippen molar-refractivity contribution in [3.05, 3.63) is 39.4 Å². The molecular weight excluding hydrogens is 260 g/mol. The number of nitrogens with zero attached hydrogens (tertiary/aromatic N) is 2. The third-order valence-electron chi connectivity index (χ3n) is 3.14. The van der Waals surface area contributed by atoms with Crippen molar-refractivity contribution in [2.45, 2.75) is 32.8 Å². The van der Waals surface area contributed by atoms with Crippen LogP contribution in [-0.2, 0) is 6.42 Å². The van der Waals surface area contributed by atoms with Gasteiger partial charge >= 0.3 is 0 Å².